The number of nitrogens with zero attached hydrogens (tertiary/aromatic N) is 3. The van der Waals surface area contributed by atoms with Gasteiger partial charge in [-0.1, -0.05) is 13.8 Å². The van der Waals surface area contributed by atoms with Crippen molar-refractivity contribution in [3.8, 4) is 0 Å². The van der Waals surface area contributed by atoms with Gasteiger partial charge in [0.25, 0.3) is 0 Å². The van der Waals surface area contributed by atoms with E-state index in [1.807, 2.05) is 7.05 Å². The summed E-state index contributed by atoms with van der Waals surface area (Å²) < 4.78 is 0. The molecular formula is C8H14N4. The molecule has 2 rings (SSSR count). The number of rotatable bonds is 1. The highest BCUT2D eigenvalue weighted by Gasteiger charge is 2.57. The van der Waals surface area contributed by atoms with Crippen LogP contribution in [0.5, 0.6) is 0 Å². The van der Waals surface area contributed by atoms with Crippen LogP contribution < -0.4 is 5.73 Å². The van der Waals surface area contributed by atoms with E-state index in [2.05, 4.69) is 24.0 Å². The topological polar surface area (TPSA) is 56.7 Å². The van der Waals surface area contributed by atoms with Crippen molar-refractivity contribution >= 4 is 0 Å². The molecule has 1 aromatic rings. The van der Waals surface area contributed by atoms with E-state index in [1.165, 1.54) is 0 Å². The average molecular weight is 166 g/mol. The fourth-order valence-corrected chi connectivity index (χ4v) is 1.75. The van der Waals surface area contributed by atoms with Crippen LogP contribution in [0.1, 0.15) is 25.5 Å². The van der Waals surface area contributed by atoms with Crippen molar-refractivity contribution in [2.75, 3.05) is 0 Å². The Morgan fingerprint density at radius 3 is 2.50 bits per heavy atom. The first-order valence-corrected chi connectivity index (χ1v) is 4.15. The Morgan fingerprint density at radius 2 is 2.17 bits per heavy atom. The third-order valence-electron chi connectivity index (χ3n) is 2.85. The highest BCUT2D eigenvalue weighted by atomic mass is 15.4. The van der Waals surface area contributed by atoms with Crippen molar-refractivity contribution in [3.63, 3.8) is 0 Å². The lowest BCUT2D eigenvalue weighted by molar-refractivity contribution is 0.587. The zero-order valence-electron chi connectivity index (χ0n) is 7.65. The molecule has 1 aliphatic carbocycles. The lowest BCUT2D eigenvalue weighted by Gasteiger charge is -1.96. The second-order valence-corrected chi connectivity index (χ2v) is 4.08. The summed E-state index contributed by atoms with van der Waals surface area (Å²) in [6.45, 7) is 4.33. The van der Waals surface area contributed by atoms with Crippen LogP contribution in [0.25, 0.3) is 0 Å². The average Bonchev–Trinajstić information content (AvgIpc) is 2.38. The number of hydrogen-bond acceptors (Lipinski definition) is 3. The van der Waals surface area contributed by atoms with Crippen LogP contribution in [0.4, 0.5) is 0 Å². The van der Waals surface area contributed by atoms with Crippen LogP contribution in [-0.2, 0) is 7.05 Å². The van der Waals surface area contributed by atoms with Crippen molar-refractivity contribution in [1.29, 1.82) is 0 Å². The van der Waals surface area contributed by atoms with Crippen molar-refractivity contribution in [2.24, 2.45) is 18.2 Å². The lowest BCUT2D eigenvalue weighted by atomic mass is 10.1. The summed E-state index contributed by atoms with van der Waals surface area (Å²) in [5.41, 5.74) is 7.14. The summed E-state index contributed by atoms with van der Waals surface area (Å²) >= 11 is 0. The molecular weight excluding hydrogens is 152 g/mol. The third-order valence-corrected chi connectivity index (χ3v) is 2.85. The van der Waals surface area contributed by atoms with Gasteiger partial charge in [0.05, 0.1) is 11.9 Å². The van der Waals surface area contributed by atoms with Crippen LogP contribution in [-0.4, -0.2) is 21.0 Å². The van der Waals surface area contributed by atoms with Gasteiger partial charge in [0, 0.05) is 19.0 Å². The molecule has 2 atom stereocenters. The fourth-order valence-electron chi connectivity index (χ4n) is 1.75. The quantitative estimate of drug-likeness (QED) is 0.651. The zero-order chi connectivity index (χ0) is 8.93. The molecule has 0 amide bonds. The minimum Gasteiger partial charge on any atom is -0.327 e. The van der Waals surface area contributed by atoms with Gasteiger partial charge in [-0.15, -0.1) is 0 Å². The normalized spacial score (nSPS) is 32.0. The highest BCUT2D eigenvalue weighted by Crippen LogP contribution is 2.56. The summed E-state index contributed by atoms with van der Waals surface area (Å²) in [5.74, 6) is 0.395. The molecule has 4 nitrogen and oxygen atoms in total. The fraction of sp³-hybridized carbons (Fsp3) is 0.750. The molecule has 0 radical (unpaired) electrons. The molecule has 0 saturated heterocycles. The first kappa shape index (κ1) is 7.73. The Balaban J connectivity index is 2.24. The van der Waals surface area contributed by atoms with Crippen molar-refractivity contribution < 1.29 is 0 Å². The molecule has 0 spiro atoms. The predicted octanol–water partition coefficient (Wildman–Crippen LogP) is 0.266. The van der Waals surface area contributed by atoms with E-state index in [1.54, 1.807) is 11.0 Å². The van der Waals surface area contributed by atoms with Gasteiger partial charge in [-0.25, -0.2) is 0 Å². The van der Waals surface area contributed by atoms with E-state index in [0.717, 1.165) is 5.69 Å². The molecule has 66 valence electrons. The maximum atomic E-state index is 5.91. The number of aryl methyl sites for hydroxylation is 1. The Morgan fingerprint density at radius 1 is 1.58 bits per heavy atom. The van der Waals surface area contributed by atoms with E-state index >= 15 is 0 Å². The van der Waals surface area contributed by atoms with Gasteiger partial charge in [0.2, 0.25) is 0 Å². The van der Waals surface area contributed by atoms with Gasteiger partial charge in [-0.2, -0.15) is 15.0 Å². The second kappa shape index (κ2) is 2.07. The van der Waals surface area contributed by atoms with E-state index in [9.17, 15) is 0 Å². The summed E-state index contributed by atoms with van der Waals surface area (Å²) in [7, 11) is 1.82. The molecule has 1 aliphatic rings. The Bertz CT molecular complexity index is 302. The predicted molar refractivity (Wildman–Crippen MR) is 45.5 cm³/mol. The minimum absolute atomic E-state index is 0.204. The van der Waals surface area contributed by atoms with E-state index in [0.29, 0.717) is 5.92 Å². The van der Waals surface area contributed by atoms with Crippen LogP contribution >= 0.6 is 0 Å². The molecule has 0 aromatic carbocycles. The summed E-state index contributed by atoms with van der Waals surface area (Å²) in [6, 6.07) is 0.245. The van der Waals surface area contributed by atoms with E-state index in [4.69, 9.17) is 5.73 Å². The molecule has 0 bridgehead atoms. The first-order valence-electron chi connectivity index (χ1n) is 4.15. The highest BCUT2D eigenvalue weighted by molar-refractivity contribution is 5.26. The largest absolute Gasteiger partial charge is 0.327 e. The van der Waals surface area contributed by atoms with Crippen LogP contribution in [0.15, 0.2) is 6.20 Å². The van der Waals surface area contributed by atoms with Crippen molar-refractivity contribution in [1.82, 2.24) is 15.0 Å². The molecule has 0 aliphatic heterocycles. The second-order valence-electron chi connectivity index (χ2n) is 4.08. The summed E-state index contributed by atoms with van der Waals surface area (Å²) in [5, 5.41) is 8.27. The molecule has 1 fully saturated rings. The Labute approximate surface area is 71.8 Å². The van der Waals surface area contributed by atoms with E-state index in [-0.39, 0.29) is 11.5 Å². The Hall–Kier alpha value is -0.900. The van der Waals surface area contributed by atoms with Gasteiger partial charge in [-0.3, -0.25) is 0 Å². The molecule has 12 heavy (non-hydrogen) atoms. The van der Waals surface area contributed by atoms with Crippen LogP contribution in [0, 0.1) is 5.41 Å². The van der Waals surface area contributed by atoms with Crippen molar-refractivity contribution in [2.45, 2.75) is 25.8 Å². The van der Waals surface area contributed by atoms with Gasteiger partial charge in [0.15, 0.2) is 0 Å². The molecule has 2 N–H and O–H groups in total. The van der Waals surface area contributed by atoms with Gasteiger partial charge >= 0.3 is 0 Å². The number of hydrogen-bond donors (Lipinski definition) is 1. The van der Waals surface area contributed by atoms with Crippen molar-refractivity contribution in [3.05, 3.63) is 11.9 Å². The lowest BCUT2D eigenvalue weighted by Crippen LogP contribution is -2.06. The maximum Gasteiger partial charge on any atom is 0.0879 e. The van der Waals surface area contributed by atoms with Crippen LogP contribution in [0.3, 0.4) is 0 Å². The summed E-state index contributed by atoms with van der Waals surface area (Å²) in [6.07, 6.45) is 1.80. The minimum atomic E-state index is 0.204. The maximum absolute atomic E-state index is 5.91. The molecule has 2 unspecified atom stereocenters. The third kappa shape index (κ3) is 0.876. The monoisotopic (exact) mass is 166 g/mol. The molecule has 1 saturated carbocycles. The number of aromatic nitrogens is 3. The Kier molecular flexibility index (Phi) is 1.33. The number of nitrogens with two attached hydrogens (primary N) is 1. The zero-order valence-corrected chi connectivity index (χ0v) is 7.65. The molecule has 1 aromatic heterocycles. The standard InChI is InChI=1S/C8H14N4/c1-8(2)6(7(8)9)5-4-10-12(3)11-5/h4,6-7H,9H2,1-3H3. The van der Waals surface area contributed by atoms with Gasteiger partial charge in [0.1, 0.15) is 0 Å². The van der Waals surface area contributed by atoms with Crippen LogP contribution in [0.2, 0.25) is 0 Å². The molecule has 1 heterocycles. The molecule has 4 heteroatoms. The van der Waals surface area contributed by atoms with Gasteiger partial charge < -0.3 is 5.73 Å². The van der Waals surface area contributed by atoms with Gasteiger partial charge in [-0.05, 0) is 5.41 Å². The first-order chi connectivity index (χ1) is 5.53. The smallest absolute Gasteiger partial charge is 0.0879 e. The SMILES string of the molecule is Cn1ncc(C2C(N)C2(C)C)n1. The van der Waals surface area contributed by atoms with E-state index < -0.39 is 0 Å². The summed E-state index contributed by atoms with van der Waals surface area (Å²) in [4.78, 5) is 1.58.